The van der Waals surface area contributed by atoms with Gasteiger partial charge in [-0.05, 0) is 44.5 Å². The Balaban J connectivity index is 2.60. The first-order valence-corrected chi connectivity index (χ1v) is 6.20. The molecule has 1 heterocycles. The van der Waals surface area contributed by atoms with Crippen LogP contribution in [0.5, 0.6) is 0 Å². The number of aromatic nitrogens is 2. The zero-order chi connectivity index (χ0) is 13.3. The van der Waals surface area contributed by atoms with Crippen molar-refractivity contribution in [3.8, 4) is 11.4 Å². The molecule has 2 rings (SSSR count). The standard InChI is InChI=1S/C14H16ClN3/c1-8-7-11(15)5-6-12(8)14-17-10(3)9(2)13(16-4)18-14/h5-7H,1-4H3,(H,16,17,18). The molecule has 18 heavy (non-hydrogen) atoms. The highest BCUT2D eigenvalue weighted by Gasteiger charge is 2.10. The highest BCUT2D eigenvalue weighted by atomic mass is 35.5. The summed E-state index contributed by atoms with van der Waals surface area (Å²) < 4.78 is 0. The van der Waals surface area contributed by atoms with Gasteiger partial charge in [0.05, 0.1) is 0 Å². The number of nitrogens with one attached hydrogen (secondary N) is 1. The predicted molar refractivity (Wildman–Crippen MR) is 76.2 cm³/mol. The van der Waals surface area contributed by atoms with E-state index in [1.54, 1.807) is 0 Å². The van der Waals surface area contributed by atoms with Crippen LogP contribution in [0.1, 0.15) is 16.8 Å². The van der Waals surface area contributed by atoms with Crippen LogP contribution < -0.4 is 5.32 Å². The molecule has 0 aliphatic carbocycles. The lowest BCUT2D eigenvalue weighted by molar-refractivity contribution is 1.07. The Morgan fingerprint density at radius 3 is 2.44 bits per heavy atom. The van der Waals surface area contributed by atoms with E-state index in [9.17, 15) is 0 Å². The second-order valence-corrected chi connectivity index (χ2v) is 4.75. The van der Waals surface area contributed by atoms with Crippen molar-refractivity contribution in [2.75, 3.05) is 12.4 Å². The van der Waals surface area contributed by atoms with E-state index in [4.69, 9.17) is 11.6 Å². The summed E-state index contributed by atoms with van der Waals surface area (Å²) in [5.74, 6) is 1.60. The van der Waals surface area contributed by atoms with Crippen LogP contribution in [0, 0.1) is 20.8 Å². The van der Waals surface area contributed by atoms with Crippen molar-refractivity contribution in [3.05, 3.63) is 40.0 Å². The number of nitrogens with zero attached hydrogens (tertiary/aromatic N) is 2. The third kappa shape index (κ3) is 2.31. The Kier molecular flexibility index (Phi) is 3.53. The van der Waals surface area contributed by atoms with Crippen molar-refractivity contribution < 1.29 is 0 Å². The summed E-state index contributed by atoms with van der Waals surface area (Å²) in [6.45, 7) is 6.02. The lowest BCUT2D eigenvalue weighted by Gasteiger charge is -2.11. The van der Waals surface area contributed by atoms with Crippen LogP contribution >= 0.6 is 11.6 Å². The van der Waals surface area contributed by atoms with Crippen LogP contribution in [0.25, 0.3) is 11.4 Å². The van der Waals surface area contributed by atoms with Crippen LogP contribution in [-0.4, -0.2) is 17.0 Å². The van der Waals surface area contributed by atoms with Crippen LogP contribution in [0.2, 0.25) is 5.02 Å². The normalized spacial score (nSPS) is 10.5. The topological polar surface area (TPSA) is 37.8 Å². The first-order chi connectivity index (χ1) is 8.52. The van der Waals surface area contributed by atoms with Gasteiger partial charge in [0.15, 0.2) is 5.82 Å². The van der Waals surface area contributed by atoms with Gasteiger partial charge < -0.3 is 5.32 Å². The maximum atomic E-state index is 5.97. The maximum Gasteiger partial charge on any atom is 0.162 e. The molecule has 0 unspecified atom stereocenters. The van der Waals surface area contributed by atoms with Gasteiger partial charge in [-0.25, -0.2) is 9.97 Å². The van der Waals surface area contributed by atoms with Gasteiger partial charge in [-0.1, -0.05) is 11.6 Å². The molecule has 0 aliphatic rings. The molecule has 1 aromatic carbocycles. The molecule has 0 radical (unpaired) electrons. The summed E-state index contributed by atoms with van der Waals surface area (Å²) in [5, 5.41) is 3.83. The maximum absolute atomic E-state index is 5.97. The van der Waals surface area contributed by atoms with Gasteiger partial charge in [-0.15, -0.1) is 0 Å². The fraction of sp³-hybridized carbons (Fsp3) is 0.286. The minimum atomic E-state index is 0.730. The number of aryl methyl sites for hydroxylation is 2. The number of anilines is 1. The molecule has 1 aromatic heterocycles. The molecular weight excluding hydrogens is 246 g/mol. The first kappa shape index (κ1) is 12.8. The second-order valence-electron chi connectivity index (χ2n) is 4.32. The van der Waals surface area contributed by atoms with Crippen molar-refractivity contribution in [2.45, 2.75) is 20.8 Å². The summed E-state index contributed by atoms with van der Waals surface area (Å²) >= 11 is 5.97. The average molecular weight is 262 g/mol. The molecule has 0 aliphatic heterocycles. The van der Waals surface area contributed by atoms with Gasteiger partial charge >= 0.3 is 0 Å². The molecule has 0 saturated heterocycles. The quantitative estimate of drug-likeness (QED) is 0.894. The van der Waals surface area contributed by atoms with Crippen molar-refractivity contribution in [1.29, 1.82) is 0 Å². The van der Waals surface area contributed by atoms with Crippen LogP contribution in [-0.2, 0) is 0 Å². The molecule has 0 fully saturated rings. The first-order valence-electron chi connectivity index (χ1n) is 5.82. The van der Waals surface area contributed by atoms with Crippen LogP contribution in [0.15, 0.2) is 18.2 Å². The molecule has 0 atom stereocenters. The molecule has 0 saturated carbocycles. The number of rotatable bonds is 2. The number of hydrogen-bond acceptors (Lipinski definition) is 3. The molecule has 0 spiro atoms. The second kappa shape index (κ2) is 4.94. The third-order valence-corrected chi connectivity index (χ3v) is 3.29. The van der Waals surface area contributed by atoms with Crippen molar-refractivity contribution in [3.63, 3.8) is 0 Å². The molecule has 2 aromatic rings. The van der Waals surface area contributed by atoms with E-state index in [1.165, 1.54) is 0 Å². The molecule has 3 nitrogen and oxygen atoms in total. The summed E-state index contributed by atoms with van der Waals surface area (Å²) in [7, 11) is 1.87. The highest BCUT2D eigenvalue weighted by Crippen LogP contribution is 2.26. The van der Waals surface area contributed by atoms with Gasteiger partial charge in [0.25, 0.3) is 0 Å². The minimum Gasteiger partial charge on any atom is -0.373 e. The van der Waals surface area contributed by atoms with E-state index in [0.717, 1.165) is 39.0 Å². The van der Waals surface area contributed by atoms with Crippen LogP contribution in [0.3, 0.4) is 0 Å². The largest absolute Gasteiger partial charge is 0.373 e. The Morgan fingerprint density at radius 1 is 1.11 bits per heavy atom. The van der Waals surface area contributed by atoms with E-state index in [-0.39, 0.29) is 0 Å². The monoisotopic (exact) mass is 261 g/mol. The van der Waals surface area contributed by atoms with Gasteiger partial charge in [-0.3, -0.25) is 0 Å². The molecule has 94 valence electrons. The highest BCUT2D eigenvalue weighted by molar-refractivity contribution is 6.30. The van der Waals surface area contributed by atoms with Gasteiger partial charge in [-0.2, -0.15) is 0 Å². The lowest BCUT2D eigenvalue weighted by Crippen LogP contribution is -2.03. The molecular formula is C14H16ClN3. The minimum absolute atomic E-state index is 0.730. The predicted octanol–water partition coefficient (Wildman–Crippen LogP) is 3.76. The fourth-order valence-electron chi connectivity index (χ4n) is 1.87. The van der Waals surface area contributed by atoms with E-state index >= 15 is 0 Å². The van der Waals surface area contributed by atoms with E-state index in [0.29, 0.717) is 0 Å². The molecule has 1 N–H and O–H groups in total. The van der Waals surface area contributed by atoms with E-state index in [2.05, 4.69) is 15.3 Å². The van der Waals surface area contributed by atoms with Gasteiger partial charge in [0.1, 0.15) is 5.82 Å². The Labute approximate surface area is 112 Å². The van der Waals surface area contributed by atoms with Crippen molar-refractivity contribution >= 4 is 17.4 Å². The van der Waals surface area contributed by atoms with Crippen molar-refractivity contribution in [2.24, 2.45) is 0 Å². The Hall–Kier alpha value is -1.61. The number of hydrogen-bond donors (Lipinski definition) is 1. The number of halogens is 1. The summed E-state index contributed by atoms with van der Waals surface area (Å²) in [6, 6.07) is 5.75. The molecule has 0 amide bonds. The van der Waals surface area contributed by atoms with Crippen molar-refractivity contribution in [1.82, 2.24) is 9.97 Å². The summed E-state index contributed by atoms with van der Waals surface area (Å²) in [4.78, 5) is 9.09. The van der Waals surface area contributed by atoms with Gasteiger partial charge in [0.2, 0.25) is 0 Å². The van der Waals surface area contributed by atoms with Crippen LogP contribution in [0.4, 0.5) is 5.82 Å². The third-order valence-electron chi connectivity index (χ3n) is 3.06. The zero-order valence-corrected chi connectivity index (χ0v) is 11.8. The molecule has 4 heteroatoms. The zero-order valence-electron chi connectivity index (χ0n) is 11.0. The molecule has 0 bridgehead atoms. The fourth-order valence-corrected chi connectivity index (χ4v) is 2.10. The SMILES string of the molecule is CNc1nc(-c2ccc(Cl)cc2C)nc(C)c1C. The average Bonchev–Trinajstić information content (AvgIpc) is 2.32. The summed E-state index contributed by atoms with van der Waals surface area (Å²) in [6.07, 6.45) is 0. The summed E-state index contributed by atoms with van der Waals surface area (Å²) in [5.41, 5.74) is 4.15. The lowest BCUT2D eigenvalue weighted by atomic mass is 10.1. The Bertz CT molecular complexity index is 594. The van der Waals surface area contributed by atoms with E-state index in [1.807, 2.05) is 46.0 Å². The number of benzene rings is 1. The van der Waals surface area contributed by atoms with Gasteiger partial charge in [0, 0.05) is 28.9 Å². The van der Waals surface area contributed by atoms with E-state index < -0.39 is 0 Å². The Morgan fingerprint density at radius 2 is 1.83 bits per heavy atom. The smallest absolute Gasteiger partial charge is 0.162 e.